The first-order chi connectivity index (χ1) is 8.39. The largest absolute Gasteiger partial charge is 0.480 e. The minimum atomic E-state index is -1.31. The van der Waals surface area contributed by atoms with Gasteiger partial charge in [0.05, 0.1) is 0 Å². The second kappa shape index (κ2) is 5.61. The number of carboxylic acid groups (broad SMARTS) is 1. The first-order valence-electron chi connectivity index (χ1n) is 5.80. The molecule has 0 bridgehead atoms. The molecule has 3 N–H and O–H groups in total. The molecule has 0 aromatic carbocycles. The van der Waals surface area contributed by atoms with E-state index in [0.717, 1.165) is 0 Å². The SMILES string of the molecule is CCCC(C)(NC(=O)C1=NNC(=O)CC1)C(=O)O. The van der Waals surface area contributed by atoms with Gasteiger partial charge in [0.1, 0.15) is 11.3 Å². The van der Waals surface area contributed by atoms with E-state index >= 15 is 0 Å². The molecular formula is C11H17N3O4. The van der Waals surface area contributed by atoms with E-state index in [1.165, 1.54) is 6.92 Å². The van der Waals surface area contributed by atoms with Crippen LogP contribution in [0.15, 0.2) is 5.10 Å². The third kappa shape index (κ3) is 3.28. The number of aliphatic carboxylic acids is 1. The standard InChI is InChI=1S/C11H17N3O4/c1-3-6-11(2,10(17)18)12-9(16)7-4-5-8(15)14-13-7/h3-6H2,1-2H3,(H,12,16)(H,14,15)(H,17,18). The van der Waals surface area contributed by atoms with Crippen LogP contribution in [-0.2, 0) is 14.4 Å². The lowest BCUT2D eigenvalue weighted by atomic mass is 9.95. The Kier molecular flexibility index (Phi) is 4.41. The van der Waals surface area contributed by atoms with Crippen molar-refractivity contribution in [1.82, 2.24) is 10.7 Å². The fourth-order valence-electron chi connectivity index (χ4n) is 1.68. The number of hydrogen-bond acceptors (Lipinski definition) is 4. The molecule has 1 heterocycles. The highest BCUT2D eigenvalue weighted by Gasteiger charge is 2.35. The Morgan fingerprint density at radius 3 is 2.61 bits per heavy atom. The number of nitrogens with one attached hydrogen (secondary N) is 2. The van der Waals surface area contributed by atoms with Crippen LogP contribution in [0.4, 0.5) is 0 Å². The molecule has 1 unspecified atom stereocenters. The molecule has 0 fully saturated rings. The van der Waals surface area contributed by atoms with E-state index in [1.807, 2.05) is 6.92 Å². The number of carbonyl (C=O) groups excluding carboxylic acids is 2. The van der Waals surface area contributed by atoms with Gasteiger partial charge in [0, 0.05) is 12.8 Å². The molecule has 0 aromatic heterocycles. The Bertz CT molecular complexity index is 405. The summed E-state index contributed by atoms with van der Waals surface area (Å²) in [4.78, 5) is 33.9. The minimum absolute atomic E-state index is 0.151. The highest BCUT2D eigenvalue weighted by molar-refractivity contribution is 6.40. The summed E-state index contributed by atoms with van der Waals surface area (Å²) in [5.74, 6) is -1.88. The Labute approximate surface area is 105 Å². The maximum Gasteiger partial charge on any atom is 0.329 e. The van der Waals surface area contributed by atoms with E-state index in [-0.39, 0.29) is 24.5 Å². The van der Waals surface area contributed by atoms with E-state index in [2.05, 4.69) is 15.8 Å². The van der Waals surface area contributed by atoms with E-state index in [0.29, 0.717) is 12.8 Å². The number of nitrogens with zero attached hydrogens (tertiary/aromatic N) is 1. The lowest BCUT2D eigenvalue weighted by Crippen LogP contribution is -2.54. The summed E-state index contributed by atoms with van der Waals surface area (Å²) in [6.07, 6.45) is 1.36. The van der Waals surface area contributed by atoms with Crippen molar-refractivity contribution in [2.45, 2.75) is 45.1 Å². The predicted molar refractivity (Wildman–Crippen MR) is 63.9 cm³/mol. The third-order valence-corrected chi connectivity index (χ3v) is 2.78. The molecule has 1 aliphatic rings. The van der Waals surface area contributed by atoms with Gasteiger partial charge >= 0.3 is 5.97 Å². The fraction of sp³-hybridized carbons (Fsp3) is 0.636. The summed E-state index contributed by atoms with van der Waals surface area (Å²) in [6, 6.07) is 0. The van der Waals surface area contributed by atoms with Crippen molar-refractivity contribution in [3.63, 3.8) is 0 Å². The van der Waals surface area contributed by atoms with Crippen molar-refractivity contribution in [2.24, 2.45) is 5.10 Å². The van der Waals surface area contributed by atoms with Crippen LogP contribution in [0.25, 0.3) is 0 Å². The van der Waals surface area contributed by atoms with Crippen molar-refractivity contribution in [2.75, 3.05) is 0 Å². The zero-order chi connectivity index (χ0) is 13.8. The van der Waals surface area contributed by atoms with Crippen LogP contribution in [0.2, 0.25) is 0 Å². The number of carbonyl (C=O) groups is 3. The van der Waals surface area contributed by atoms with Crippen molar-refractivity contribution in [1.29, 1.82) is 0 Å². The normalized spacial score (nSPS) is 18.3. The van der Waals surface area contributed by atoms with E-state index in [4.69, 9.17) is 5.11 Å². The zero-order valence-electron chi connectivity index (χ0n) is 10.4. The molecule has 7 nitrogen and oxygen atoms in total. The lowest BCUT2D eigenvalue weighted by Gasteiger charge is -2.26. The monoisotopic (exact) mass is 255 g/mol. The second-order valence-corrected chi connectivity index (χ2v) is 4.43. The van der Waals surface area contributed by atoms with E-state index in [1.54, 1.807) is 0 Å². The van der Waals surface area contributed by atoms with Crippen molar-refractivity contribution >= 4 is 23.5 Å². The topological polar surface area (TPSA) is 108 Å². The first-order valence-corrected chi connectivity index (χ1v) is 5.80. The first kappa shape index (κ1) is 14.1. The summed E-state index contributed by atoms with van der Waals surface area (Å²) in [6.45, 7) is 3.30. The molecule has 0 aliphatic carbocycles. The van der Waals surface area contributed by atoms with E-state index in [9.17, 15) is 14.4 Å². The zero-order valence-corrected chi connectivity index (χ0v) is 10.4. The molecule has 1 atom stereocenters. The molecule has 1 rings (SSSR count). The van der Waals surface area contributed by atoms with Crippen LogP contribution in [0.5, 0.6) is 0 Å². The Hall–Kier alpha value is -1.92. The minimum Gasteiger partial charge on any atom is -0.480 e. The molecule has 2 amide bonds. The maximum absolute atomic E-state index is 11.8. The van der Waals surface area contributed by atoms with Gasteiger partial charge in [0.15, 0.2) is 0 Å². The molecule has 0 radical (unpaired) electrons. The molecule has 0 saturated heterocycles. The van der Waals surface area contributed by atoms with Crippen LogP contribution in [0, 0.1) is 0 Å². The molecule has 1 aliphatic heterocycles. The number of amides is 2. The van der Waals surface area contributed by atoms with Gasteiger partial charge in [-0.3, -0.25) is 9.59 Å². The number of rotatable bonds is 5. The molecule has 0 aromatic rings. The van der Waals surface area contributed by atoms with Crippen LogP contribution < -0.4 is 10.7 Å². The van der Waals surface area contributed by atoms with E-state index < -0.39 is 17.4 Å². The quantitative estimate of drug-likeness (QED) is 0.643. The highest BCUT2D eigenvalue weighted by atomic mass is 16.4. The average molecular weight is 255 g/mol. The summed E-state index contributed by atoms with van der Waals surface area (Å²) in [7, 11) is 0. The Morgan fingerprint density at radius 1 is 1.50 bits per heavy atom. The number of carboxylic acids is 1. The predicted octanol–water partition coefficient (Wildman–Crippen LogP) is 0.0120. The molecule has 18 heavy (non-hydrogen) atoms. The number of hydrazone groups is 1. The van der Waals surface area contributed by atoms with Crippen molar-refractivity contribution < 1.29 is 19.5 Å². The molecule has 0 saturated carbocycles. The van der Waals surface area contributed by atoms with Crippen LogP contribution in [0.1, 0.15) is 39.5 Å². The summed E-state index contributed by atoms with van der Waals surface area (Å²) in [5, 5.41) is 15.2. The van der Waals surface area contributed by atoms with Crippen molar-refractivity contribution in [3.05, 3.63) is 0 Å². The van der Waals surface area contributed by atoms with Gasteiger partial charge in [0.2, 0.25) is 5.91 Å². The van der Waals surface area contributed by atoms with Gasteiger partial charge in [-0.25, -0.2) is 10.2 Å². The highest BCUT2D eigenvalue weighted by Crippen LogP contribution is 2.13. The Balaban J connectivity index is 2.73. The van der Waals surface area contributed by atoms with Gasteiger partial charge in [-0.2, -0.15) is 5.10 Å². The number of hydrogen-bond donors (Lipinski definition) is 3. The maximum atomic E-state index is 11.8. The molecular weight excluding hydrogens is 238 g/mol. The molecule has 100 valence electrons. The van der Waals surface area contributed by atoms with Gasteiger partial charge in [-0.05, 0) is 13.3 Å². The average Bonchev–Trinajstić information content (AvgIpc) is 2.29. The summed E-state index contributed by atoms with van der Waals surface area (Å²) in [5.41, 5.74) is 1.04. The second-order valence-electron chi connectivity index (χ2n) is 4.43. The summed E-state index contributed by atoms with van der Waals surface area (Å²) >= 11 is 0. The third-order valence-electron chi connectivity index (χ3n) is 2.78. The van der Waals surface area contributed by atoms with Gasteiger partial charge in [-0.15, -0.1) is 0 Å². The van der Waals surface area contributed by atoms with Crippen molar-refractivity contribution in [3.8, 4) is 0 Å². The molecule has 7 heteroatoms. The fourth-order valence-corrected chi connectivity index (χ4v) is 1.68. The lowest BCUT2D eigenvalue weighted by molar-refractivity contribution is -0.146. The molecule has 0 spiro atoms. The van der Waals surface area contributed by atoms with Gasteiger partial charge < -0.3 is 10.4 Å². The van der Waals surface area contributed by atoms with Gasteiger partial charge in [-0.1, -0.05) is 13.3 Å². The van der Waals surface area contributed by atoms with Crippen LogP contribution in [-0.4, -0.2) is 34.1 Å². The summed E-state index contributed by atoms with van der Waals surface area (Å²) < 4.78 is 0. The van der Waals surface area contributed by atoms with Gasteiger partial charge in [0.25, 0.3) is 5.91 Å². The van der Waals surface area contributed by atoms with Crippen LogP contribution >= 0.6 is 0 Å². The van der Waals surface area contributed by atoms with Crippen LogP contribution in [0.3, 0.4) is 0 Å². The smallest absolute Gasteiger partial charge is 0.329 e. The Morgan fingerprint density at radius 2 is 2.17 bits per heavy atom.